The second-order valence-electron chi connectivity index (χ2n) is 6.27. The Balaban J connectivity index is 3.17. The molecule has 0 N–H and O–H groups in total. The summed E-state index contributed by atoms with van der Waals surface area (Å²) in [5.74, 6) is 1.82. The third kappa shape index (κ3) is 16.0. The van der Waals surface area contributed by atoms with Crippen LogP contribution in [0.1, 0.15) is 65.2 Å². The Morgan fingerprint density at radius 3 is 1.40 bits per heavy atom. The van der Waals surface area contributed by atoms with Crippen molar-refractivity contribution in [2.45, 2.75) is 65.2 Å². The molecule has 0 aliphatic rings. The number of hydrogen-bond acceptors (Lipinski definition) is 5. The van der Waals surface area contributed by atoms with Crippen LogP contribution in [0.4, 0.5) is 0 Å². The van der Waals surface area contributed by atoms with Gasteiger partial charge in [0.2, 0.25) is 0 Å². The van der Waals surface area contributed by atoms with Gasteiger partial charge in [-0.25, -0.2) is 9.59 Å². The minimum atomic E-state index is -0.287. The molecule has 0 rings (SSSR count). The highest BCUT2D eigenvalue weighted by Crippen LogP contribution is 2.11. The molecule has 0 bridgehead atoms. The molecule has 0 aromatic heterocycles. The fraction of sp³-hybridized carbons (Fsp3) is 0.700. The highest BCUT2D eigenvalue weighted by molar-refractivity contribution is 7.99. The summed E-state index contributed by atoms with van der Waals surface area (Å²) in [5, 5.41) is 0. The molecule has 0 aromatic rings. The highest BCUT2D eigenvalue weighted by atomic mass is 32.2. The van der Waals surface area contributed by atoms with Crippen LogP contribution in [0.25, 0.3) is 0 Å². The van der Waals surface area contributed by atoms with Gasteiger partial charge in [-0.3, -0.25) is 0 Å². The standard InChI is InChI=1S/C20H34O4S/c1-17(2)19(21)23-13-9-5-7-11-15-25-16-12-8-6-10-14-24-20(22)18(3)4/h1,3,5-16H2,2,4H3. The molecule has 0 heterocycles. The molecule has 0 atom stereocenters. The van der Waals surface area contributed by atoms with E-state index in [0.717, 1.165) is 25.7 Å². The van der Waals surface area contributed by atoms with Gasteiger partial charge < -0.3 is 9.47 Å². The van der Waals surface area contributed by atoms with Gasteiger partial charge in [0.05, 0.1) is 13.2 Å². The van der Waals surface area contributed by atoms with Crippen LogP contribution in [0, 0.1) is 0 Å². The molecule has 0 saturated heterocycles. The second kappa shape index (κ2) is 16.2. The van der Waals surface area contributed by atoms with Crippen LogP contribution in [0.2, 0.25) is 0 Å². The molecule has 0 amide bonds. The molecule has 0 saturated carbocycles. The van der Waals surface area contributed by atoms with Crippen molar-refractivity contribution in [3.63, 3.8) is 0 Å². The molecule has 25 heavy (non-hydrogen) atoms. The Kier molecular flexibility index (Phi) is 15.5. The molecule has 0 fully saturated rings. The predicted octanol–water partition coefficient (Wildman–Crippen LogP) is 5.08. The van der Waals surface area contributed by atoms with E-state index in [1.807, 2.05) is 11.8 Å². The zero-order valence-corrected chi connectivity index (χ0v) is 16.8. The van der Waals surface area contributed by atoms with E-state index in [2.05, 4.69) is 13.2 Å². The molecule has 144 valence electrons. The van der Waals surface area contributed by atoms with Crippen LogP contribution in [0.3, 0.4) is 0 Å². The van der Waals surface area contributed by atoms with Gasteiger partial charge in [0.1, 0.15) is 0 Å². The van der Waals surface area contributed by atoms with Crippen molar-refractivity contribution in [1.82, 2.24) is 0 Å². The van der Waals surface area contributed by atoms with Crippen LogP contribution in [0.5, 0.6) is 0 Å². The maximum Gasteiger partial charge on any atom is 0.333 e. The third-order valence-corrected chi connectivity index (χ3v) is 4.68. The first kappa shape index (κ1) is 23.8. The maximum atomic E-state index is 11.2. The molecule has 5 heteroatoms. The van der Waals surface area contributed by atoms with E-state index in [9.17, 15) is 9.59 Å². The summed E-state index contributed by atoms with van der Waals surface area (Å²) < 4.78 is 10.1. The number of carbonyl (C=O) groups is 2. The molecule has 0 unspecified atom stereocenters. The average molecular weight is 371 g/mol. The zero-order chi connectivity index (χ0) is 18.9. The first-order valence-electron chi connectivity index (χ1n) is 9.18. The van der Waals surface area contributed by atoms with Crippen molar-refractivity contribution >= 4 is 23.7 Å². The second-order valence-corrected chi connectivity index (χ2v) is 7.50. The van der Waals surface area contributed by atoms with E-state index in [1.165, 1.54) is 37.2 Å². The van der Waals surface area contributed by atoms with Crippen LogP contribution < -0.4 is 0 Å². The summed E-state index contributed by atoms with van der Waals surface area (Å²) in [4.78, 5) is 22.3. The summed E-state index contributed by atoms with van der Waals surface area (Å²) in [6.45, 7) is 11.4. The van der Waals surface area contributed by atoms with Gasteiger partial charge in [-0.05, 0) is 51.0 Å². The van der Waals surface area contributed by atoms with Gasteiger partial charge in [-0.1, -0.05) is 38.8 Å². The Labute approximate surface area is 157 Å². The number of ether oxygens (including phenoxy) is 2. The van der Waals surface area contributed by atoms with Crippen molar-refractivity contribution in [2.75, 3.05) is 24.7 Å². The van der Waals surface area contributed by atoms with Gasteiger partial charge in [-0.2, -0.15) is 11.8 Å². The number of rotatable bonds is 16. The normalized spacial score (nSPS) is 10.3. The average Bonchev–Trinajstić information content (AvgIpc) is 2.57. The lowest BCUT2D eigenvalue weighted by atomic mass is 10.2. The Morgan fingerprint density at radius 2 is 1.04 bits per heavy atom. The fourth-order valence-corrected chi connectivity index (χ4v) is 3.02. The predicted molar refractivity (Wildman–Crippen MR) is 106 cm³/mol. The highest BCUT2D eigenvalue weighted by Gasteiger charge is 2.02. The van der Waals surface area contributed by atoms with Crippen LogP contribution in [-0.4, -0.2) is 36.7 Å². The minimum absolute atomic E-state index is 0.287. The smallest absolute Gasteiger partial charge is 0.333 e. The van der Waals surface area contributed by atoms with E-state index < -0.39 is 0 Å². The Morgan fingerprint density at radius 1 is 0.680 bits per heavy atom. The van der Waals surface area contributed by atoms with Crippen LogP contribution in [0.15, 0.2) is 24.3 Å². The van der Waals surface area contributed by atoms with E-state index in [4.69, 9.17) is 9.47 Å². The van der Waals surface area contributed by atoms with Crippen molar-refractivity contribution in [3.8, 4) is 0 Å². The van der Waals surface area contributed by atoms with E-state index in [1.54, 1.807) is 13.8 Å². The number of esters is 2. The lowest BCUT2D eigenvalue weighted by molar-refractivity contribution is -0.139. The van der Waals surface area contributed by atoms with Gasteiger partial charge in [0.25, 0.3) is 0 Å². The quantitative estimate of drug-likeness (QED) is 0.215. The van der Waals surface area contributed by atoms with Gasteiger partial charge in [-0.15, -0.1) is 0 Å². The molecular formula is C20H34O4S. The minimum Gasteiger partial charge on any atom is -0.462 e. The molecule has 0 aliphatic carbocycles. The first-order valence-corrected chi connectivity index (χ1v) is 10.3. The molecular weight excluding hydrogens is 336 g/mol. The van der Waals surface area contributed by atoms with Gasteiger partial charge in [0.15, 0.2) is 0 Å². The summed E-state index contributed by atoms with van der Waals surface area (Å²) in [6, 6.07) is 0. The first-order chi connectivity index (χ1) is 11.9. The number of hydrogen-bond donors (Lipinski definition) is 0. The molecule has 0 radical (unpaired) electrons. The number of unbranched alkanes of at least 4 members (excludes halogenated alkanes) is 6. The third-order valence-electron chi connectivity index (χ3n) is 3.53. The van der Waals surface area contributed by atoms with Crippen LogP contribution >= 0.6 is 11.8 Å². The van der Waals surface area contributed by atoms with Crippen molar-refractivity contribution in [3.05, 3.63) is 24.3 Å². The van der Waals surface area contributed by atoms with Gasteiger partial charge in [0, 0.05) is 11.1 Å². The summed E-state index contributed by atoms with van der Waals surface area (Å²) in [5.41, 5.74) is 0.925. The van der Waals surface area contributed by atoms with Gasteiger partial charge >= 0.3 is 11.9 Å². The number of carbonyl (C=O) groups excluding carboxylic acids is 2. The molecule has 0 spiro atoms. The molecule has 0 aromatic carbocycles. The van der Waals surface area contributed by atoms with E-state index in [0.29, 0.717) is 24.4 Å². The summed E-state index contributed by atoms with van der Waals surface area (Å²) in [6.07, 6.45) is 8.88. The van der Waals surface area contributed by atoms with Crippen molar-refractivity contribution in [2.24, 2.45) is 0 Å². The lowest BCUT2D eigenvalue weighted by Crippen LogP contribution is -2.06. The monoisotopic (exact) mass is 370 g/mol. The maximum absolute atomic E-state index is 11.2. The zero-order valence-electron chi connectivity index (χ0n) is 15.9. The lowest BCUT2D eigenvalue weighted by Gasteiger charge is -2.05. The number of thioether (sulfide) groups is 1. The Hall–Kier alpha value is -1.23. The molecule has 0 aliphatic heterocycles. The topological polar surface area (TPSA) is 52.6 Å². The fourth-order valence-electron chi connectivity index (χ4n) is 2.00. The molecule has 4 nitrogen and oxygen atoms in total. The SMILES string of the molecule is C=C(C)C(=O)OCCCCCCSCCCCCCOC(=O)C(=C)C. The summed E-state index contributed by atoms with van der Waals surface area (Å²) >= 11 is 2.00. The van der Waals surface area contributed by atoms with Crippen LogP contribution in [-0.2, 0) is 19.1 Å². The summed E-state index contributed by atoms with van der Waals surface area (Å²) in [7, 11) is 0. The van der Waals surface area contributed by atoms with Crippen molar-refractivity contribution < 1.29 is 19.1 Å². The largest absolute Gasteiger partial charge is 0.462 e. The van der Waals surface area contributed by atoms with E-state index >= 15 is 0 Å². The van der Waals surface area contributed by atoms with E-state index in [-0.39, 0.29) is 11.9 Å². The Bertz CT molecular complexity index is 380. The van der Waals surface area contributed by atoms with Crippen molar-refractivity contribution in [1.29, 1.82) is 0 Å².